The van der Waals surface area contributed by atoms with Crippen LogP contribution in [-0.2, 0) is 11.8 Å². The number of benzene rings is 1. The van der Waals surface area contributed by atoms with Gasteiger partial charge in [0, 0.05) is 18.0 Å². The summed E-state index contributed by atoms with van der Waals surface area (Å²) in [6.45, 7) is 8.63. The van der Waals surface area contributed by atoms with Crippen molar-refractivity contribution in [1.29, 1.82) is 0 Å². The van der Waals surface area contributed by atoms with E-state index in [1.165, 1.54) is 5.56 Å². The molecule has 20 heavy (non-hydrogen) atoms. The highest BCUT2D eigenvalue weighted by atomic mass is 16.5. The van der Waals surface area contributed by atoms with Crippen LogP contribution in [0, 0.1) is 0 Å². The third-order valence-corrected chi connectivity index (χ3v) is 3.44. The Kier molecular flexibility index (Phi) is 4.23. The van der Waals surface area contributed by atoms with Crippen LogP contribution in [0.1, 0.15) is 45.5 Å². The first-order chi connectivity index (χ1) is 9.40. The van der Waals surface area contributed by atoms with Crippen molar-refractivity contribution >= 4 is 0 Å². The molecule has 0 aliphatic rings. The molecule has 2 rings (SSSR count). The van der Waals surface area contributed by atoms with E-state index < -0.39 is 0 Å². The number of aromatic nitrogens is 2. The molecule has 4 nitrogen and oxygen atoms in total. The Morgan fingerprint density at radius 3 is 2.40 bits per heavy atom. The number of hydrogen-bond donors (Lipinski definition) is 1. The summed E-state index contributed by atoms with van der Waals surface area (Å²) in [4.78, 5) is 4.40. The van der Waals surface area contributed by atoms with Gasteiger partial charge in [-0.15, -0.1) is 0 Å². The summed E-state index contributed by atoms with van der Waals surface area (Å²) < 4.78 is 5.30. The molecule has 0 radical (unpaired) electrons. The average molecular weight is 273 g/mol. The molecule has 0 fully saturated rings. The van der Waals surface area contributed by atoms with Crippen LogP contribution in [0.25, 0.3) is 11.5 Å². The van der Waals surface area contributed by atoms with Crippen LogP contribution in [0.5, 0.6) is 0 Å². The zero-order valence-corrected chi connectivity index (χ0v) is 12.7. The fraction of sp³-hybridized carbons (Fsp3) is 0.500. The first-order valence-corrected chi connectivity index (χ1v) is 7.09. The van der Waals surface area contributed by atoms with Crippen molar-refractivity contribution in [1.82, 2.24) is 10.1 Å². The molecule has 4 heteroatoms. The van der Waals surface area contributed by atoms with Gasteiger partial charge in [-0.3, -0.25) is 0 Å². The summed E-state index contributed by atoms with van der Waals surface area (Å²) in [6.07, 6.45) is 1.56. The van der Waals surface area contributed by atoms with Crippen molar-refractivity contribution in [2.75, 3.05) is 0 Å². The van der Waals surface area contributed by atoms with E-state index in [-0.39, 0.29) is 11.5 Å². The minimum Gasteiger partial charge on any atom is -0.334 e. The predicted octanol–water partition coefficient (Wildman–Crippen LogP) is 3.31. The molecular formula is C16H23N3O. The van der Waals surface area contributed by atoms with Gasteiger partial charge >= 0.3 is 0 Å². The fourth-order valence-electron chi connectivity index (χ4n) is 1.95. The van der Waals surface area contributed by atoms with Crippen LogP contribution in [0.15, 0.2) is 28.8 Å². The van der Waals surface area contributed by atoms with Gasteiger partial charge < -0.3 is 10.3 Å². The van der Waals surface area contributed by atoms with Crippen molar-refractivity contribution < 1.29 is 4.52 Å². The van der Waals surface area contributed by atoms with Crippen LogP contribution < -0.4 is 5.73 Å². The lowest BCUT2D eigenvalue weighted by Crippen LogP contribution is -2.21. The van der Waals surface area contributed by atoms with Gasteiger partial charge in [0.2, 0.25) is 0 Å². The molecule has 1 aromatic carbocycles. The summed E-state index contributed by atoms with van der Waals surface area (Å²) in [5.74, 6) is 1.23. The van der Waals surface area contributed by atoms with Crippen LogP contribution >= 0.6 is 0 Å². The van der Waals surface area contributed by atoms with E-state index in [0.29, 0.717) is 18.1 Å². The van der Waals surface area contributed by atoms with Gasteiger partial charge in [0.15, 0.2) is 5.82 Å². The lowest BCUT2D eigenvalue weighted by Gasteiger charge is -2.18. The van der Waals surface area contributed by atoms with Crippen LogP contribution in [0.3, 0.4) is 0 Å². The SMILES string of the molecule is CCC(N)Cc1noc(-c2ccc(C(C)(C)C)cc2)n1. The molecule has 2 aromatic rings. The topological polar surface area (TPSA) is 64.9 Å². The maximum Gasteiger partial charge on any atom is 0.257 e. The Hall–Kier alpha value is -1.68. The molecule has 1 aromatic heterocycles. The molecule has 2 N–H and O–H groups in total. The number of nitrogens with two attached hydrogens (primary N) is 1. The molecule has 0 bridgehead atoms. The van der Waals surface area contributed by atoms with E-state index in [1.54, 1.807) is 0 Å². The van der Waals surface area contributed by atoms with Gasteiger partial charge in [0.1, 0.15) is 0 Å². The third kappa shape index (κ3) is 3.45. The monoisotopic (exact) mass is 273 g/mol. The zero-order valence-electron chi connectivity index (χ0n) is 12.7. The maximum atomic E-state index is 5.90. The quantitative estimate of drug-likeness (QED) is 0.928. The molecule has 0 aliphatic carbocycles. The first-order valence-electron chi connectivity index (χ1n) is 7.09. The van der Waals surface area contributed by atoms with E-state index in [1.807, 2.05) is 12.1 Å². The van der Waals surface area contributed by atoms with E-state index in [4.69, 9.17) is 10.3 Å². The number of rotatable bonds is 4. The highest BCUT2D eigenvalue weighted by Crippen LogP contribution is 2.25. The van der Waals surface area contributed by atoms with Crippen LogP contribution in [0.4, 0.5) is 0 Å². The summed E-state index contributed by atoms with van der Waals surface area (Å²) in [5.41, 5.74) is 8.28. The molecule has 0 saturated carbocycles. The molecule has 1 unspecified atom stereocenters. The van der Waals surface area contributed by atoms with Crippen molar-refractivity contribution in [2.45, 2.75) is 52.0 Å². The van der Waals surface area contributed by atoms with Gasteiger partial charge in [0.25, 0.3) is 5.89 Å². The molecule has 0 aliphatic heterocycles. The highest BCUT2D eigenvalue weighted by molar-refractivity contribution is 5.53. The maximum absolute atomic E-state index is 5.90. The van der Waals surface area contributed by atoms with Crippen LogP contribution in [0.2, 0.25) is 0 Å². The minimum absolute atomic E-state index is 0.0868. The van der Waals surface area contributed by atoms with Crippen LogP contribution in [-0.4, -0.2) is 16.2 Å². The van der Waals surface area contributed by atoms with E-state index >= 15 is 0 Å². The second-order valence-electron chi connectivity index (χ2n) is 6.22. The van der Waals surface area contributed by atoms with Crippen molar-refractivity contribution in [3.8, 4) is 11.5 Å². The average Bonchev–Trinajstić information content (AvgIpc) is 2.86. The molecule has 108 valence electrons. The standard InChI is InChI=1S/C16H23N3O/c1-5-13(17)10-14-18-15(20-19-14)11-6-8-12(9-7-11)16(2,3)4/h6-9,13H,5,10,17H2,1-4H3. The Balaban J connectivity index is 2.16. The van der Waals surface area contributed by atoms with E-state index in [9.17, 15) is 0 Å². The van der Waals surface area contributed by atoms with Gasteiger partial charge in [-0.25, -0.2) is 0 Å². The Bertz CT molecular complexity index is 552. The van der Waals surface area contributed by atoms with Gasteiger partial charge in [0.05, 0.1) is 0 Å². The Labute approximate surface area is 120 Å². The summed E-state index contributed by atoms with van der Waals surface area (Å²) in [7, 11) is 0. The second kappa shape index (κ2) is 5.75. The Morgan fingerprint density at radius 2 is 1.85 bits per heavy atom. The lowest BCUT2D eigenvalue weighted by atomic mass is 9.87. The fourth-order valence-corrected chi connectivity index (χ4v) is 1.95. The largest absolute Gasteiger partial charge is 0.334 e. The second-order valence-corrected chi connectivity index (χ2v) is 6.22. The van der Waals surface area contributed by atoms with Gasteiger partial charge in [-0.05, 0) is 29.5 Å². The normalized spacial score (nSPS) is 13.4. The minimum atomic E-state index is 0.0868. The van der Waals surface area contributed by atoms with Crippen molar-refractivity contribution in [2.24, 2.45) is 5.73 Å². The zero-order chi connectivity index (χ0) is 14.8. The molecular weight excluding hydrogens is 250 g/mol. The summed E-state index contributed by atoms with van der Waals surface area (Å²) in [5, 5.41) is 3.99. The number of hydrogen-bond acceptors (Lipinski definition) is 4. The van der Waals surface area contributed by atoms with Gasteiger partial charge in [-0.2, -0.15) is 4.98 Å². The van der Waals surface area contributed by atoms with E-state index in [0.717, 1.165) is 12.0 Å². The van der Waals surface area contributed by atoms with Crippen molar-refractivity contribution in [3.05, 3.63) is 35.7 Å². The molecule has 0 saturated heterocycles. The first kappa shape index (κ1) is 14.7. The smallest absolute Gasteiger partial charge is 0.257 e. The predicted molar refractivity (Wildman–Crippen MR) is 80.4 cm³/mol. The summed E-state index contributed by atoms with van der Waals surface area (Å²) >= 11 is 0. The molecule has 1 atom stereocenters. The third-order valence-electron chi connectivity index (χ3n) is 3.44. The molecule has 0 spiro atoms. The highest BCUT2D eigenvalue weighted by Gasteiger charge is 2.15. The van der Waals surface area contributed by atoms with E-state index in [2.05, 4.69) is 50.0 Å². The number of nitrogens with zero attached hydrogens (tertiary/aromatic N) is 2. The molecule has 0 amide bonds. The Morgan fingerprint density at radius 1 is 1.20 bits per heavy atom. The summed E-state index contributed by atoms with van der Waals surface area (Å²) in [6, 6.07) is 8.35. The molecule has 1 heterocycles. The lowest BCUT2D eigenvalue weighted by molar-refractivity contribution is 0.419. The van der Waals surface area contributed by atoms with Gasteiger partial charge in [-0.1, -0.05) is 45.0 Å². The van der Waals surface area contributed by atoms with Crippen molar-refractivity contribution in [3.63, 3.8) is 0 Å².